The van der Waals surface area contributed by atoms with E-state index in [1.54, 1.807) is 36.1 Å². The number of thioether (sulfide) groups is 1. The van der Waals surface area contributed by atoms with Gasteiger partial charge >= 0.3 is 0 Å². The SMILES string of the molecule is Cc1onc(-c2ccc(F)cc2)c1COc1ccc(C(=O)N2CCSCC2)nn1. The Hall–Kier alpha value is -2.94. The van der Waals surface area contributed by atoms with Gasteiger partial charge in [-0.1, -0.05) is 5.16 Å². The molecular weight excluding hydrogens is 395 g/mol. The molecular formula is C20H19FN4O3S. The van der Waals surface area contributed by atoms with Crippen LogP contribution in [0.15, 0.2) is 40.9 Å². The number of halogens is 1. The van der Waals surface area contributed by atoms with Gasteiger partial charge in [0.25, 0.3) is 5.91 Å². The molecule has 1 amide bonds. The summed E-state index contributed by atoms with van der Waals surface area (Å²) in [5.74, 6) is 2.34. The Morgan fingerprint density at radius 1 is 1.17 bits per heavy atom. The van der Waals surface area contributed by atoms with Crippen molar-refractivity contribution in [2.75, 3.05) is 24.6 Å². The molecule has 2 aromatic heterocycles. The third kappa shape index (κ3) is 4.40. The fraction of sp³-hybridized carbons (Fsp3) is 0.300. The number of carbonyl (C=O) groups is 1. The van der Waals surface area contributed by atoms with Gasteiger partial charge in [-0.05, 0) is 37.3 Å². The average Bonchev–Trinajstić information content (AvgIpc) is 3.13. The van der Waals surface area contributed by atoms with Crippen molar-refractivity contribution < 1.29 is 18.4 Å². The maximum Gasteiger partial charge on any atom is 0.274 e. The second-order valence-corrected chi connectivity index (χ2v) is 7.75. The summed E-state index contributed by atoms with van der Waals surface area (Å²) in [5, 5.41) is 12.1. The molecule has 0 radical (unpaired) electrons. The number of nitrogens with zero attached hydrogens (tertiary/aromatic N) is 4. The summed E-state index contributed by atoms with van der Waals surface area (Å²) in [5.41, 5.74) is 2.36. The summed E-state index contributed by atoms with van der Waals surface area (Å²) in [7, 11) is 0. The maximum absolute atomic E-state index is 13.2. The molecule has 9 heteroatoms. The number of aryl methyl sites for hydroxylation is 1. The molecule has 3 aromatic rings. The van der Waals surface area contributed by atoms with E-state index in [1.807, 2.05) is 11.8 Å². The smallest absolute Gasteiger partial charge is 0.274 e. The summed E-state index contributed by atoms with van der Waals surface area (Å²) in [6.07, 6.45) is 0. The second kappa shape index (κ2) is 8.60. The van der Waals surface area contributed by atoms with Gasteiger partial charge in [0, 0.05) is 36.2 Å². The lowest BCUT2D eigenvalue weighted by atomic mass is 10.1. The molecule has 0 unspecified atom stereocenters. The molecule has 150 valence electrons. The first-order valence-electron chi connectivity index (χ1n) is 9.16. The third-order valence-corrected chi connectivity index (χ3v) is 5.57. The number of carbonyl (C=O) groups excluding carboxylic acids is 1. The number of ether oxygens (including phenoxy) is 1. The lowest BCUT2D eigenvalue weighted by Gasteiger charge is -2.25. The van der Waals surface area contributed by atoms with Crippen molar-refractivity contribution >= 4 is 17.7 Å². The fourth-order valence-electron chi connectivity index (χ4n) is 2.98. The third-order valence-electron chi connectivity index (χ3n) is 4.62. The predicted octanol–water partition coefficient (Wildman–Crippen LogP) is 3.35. The van der Waals surface area contributed by atoms with Crippen molar-refractivity contribution in [2.45, 2.75) is 13.5 Å². The number of amides is 1. The monoisotopic (exact) mass is 414 g/mol. The van der Waals surface area contributed by atoms with Gasteiger partial charge in [0.15, 0.2) is 5.69 Å². The van der Waals surface area contributed by atoms with Crippen molar-refractivity contribution in [3.8, 4) is 17.1 Å². The Morgan fingerprint density at radius 2 is 1.93 bits per heavy atom. The first-order chi connectivity index (χ1) is 14.1. The molecule has 0 spiro atoms. The van der Waals surface area contributed by atoms with Crippen molar-refractivity contribution in [3.05, 3.63) is 59.2 Å². The molecule has 1 saturated heterocycles. The Balaban J connectivity index is 1.44. The highest BCUT2D eigenvalue weighted by Crippen LogP contribution is 2.26. The van der Waals surface area contributed by atoms with Crippen LogP contribution in [-0.2, 0) is 6.61 Å². The first kappa shape index (κ1) is 19.4. The Labute approximate surface area is 171 Å². The van der Waals surface area contributed by atoms with Crippen LogP contribution in [0.4, 0.5) is 4.39 Å². The lowest BCUT2D eigenvalue weighted by molar-refractivity contribution is 0.0765. The van der Waals surface area contributed by atoms with Gasteiger partial charge in [-0.25, -0.2) is 4.39 Å². The highest BCUT2D eigenvalue weighted by molar-refractivity contribution is 7.99. The predicted molar refractivity (Wildman–Crippen MR) is 106 cm³/mol. The van der Waals surface area contributed by atoms with E-state index in [4.69, 9.17) is 9.26 Å². The van der Waals surface area contributed by atoms with E-state index in [9.17, 15) is 9.18 Å². The van der Waals surface area contributed by atoms with Crippen LogP contribution in [0.2, 0.25) is 0 Å². The van der Waals surface area contributed by atoms with Crippen LogP contribution < -0.4 is 4.74 Å². The minimum Gasteiger partial charge on any atom is -0.472 e. The van der Waals surface area contributed by atoms with Crippen LogP contribution in [0.1, 0.15) is 21.8 Å². The van der Waals surface area contributed by atoms with E-state index in [1.165, 1.54) is 12.1 Å². The van der Waals surface area contributed by atoms with E-state index in [-0.39, 0.29) is 18.3 Å². The summed E-state index contributed by atoms with van der Waals surface area (Å²) in [4.78, 5) is 14.2. The molecule has 0 saturated carbocycles. The lowest BCUT2D eigenvalue weighted by Crippen LogP contribution is -2.38. The topological polar surface area (TPSA) is 81.4 Å². The Bertz CT molecular complexity index is 986. The summed E-state index contributed by atoms with van der Waals surface area (Å²) < 4.78 is 24.2. The van der Waals surface area contributed by atoms with Crippen LogP contribution in [0.3, 0.4) is 0 Å². The van der Waals surface area contributed by atoms with Crippen molar-refractivity contribution in [2.24, 2.45) is 0 Å². The summed E-state index contributed by atoms with van der Waals surface area (Å²) >= 11 is 1.84. The summed E-state index contributed by atoms with van der Waals surface area (Å²) in [6, 6.07) is 9.25. The van der Waals surface area contributed by atoms with E-state index in [0.29, 0.717) is 23.0 Å². The molecule has 0 atom stereocenters. The van der Waals surface area contributed by atoms with E-state index < -0.39 is 0 Å². The Morgan fingerprint density at radius 3 is 2.62 bits per heavy atom. The van der Waals surface area contributed by atoms with E-state index >= 15 is 0 Å². The van der Waals surface area contributed by atoms with Gasteiger partial charge in [0.05, 0.1) is 5.56 Å². The highest BCUT2D eigenvalue weighted by atomic mass is 32.2. The number of aromatic nitrogens is 3. The normalized spacial score (nSPS) is 14.1. The quantitative estimate of drug-likeness (QED) is 0.633. The van der Waals surface area contributed by atoms with Gasteiger partial charge in [-0.2, -0.15) is 11.8 Å². The van der Waals surface area contributed by atoms with Crippen LogP contribution in [0.25, 0.3) is 11.3 Å². The highest BCUT2D eigenvalue weighted by Gasteiger charge is 2.20. The molecule has 1 fully saturated rings. The first-order valence-corrected chi connectivity index (χ1v) is 10.3. The van der Waals surface area contributed by atoms with Gasteiger partial charge in [-0.3, -0.25) is 4.79 Å². The van der Waals surface area contributed by atoms with Gasteiger partial charge in [-0.15, -0.1) is 10.2 Å². The van der Waals surface area contributed by atoms with Crippen LogP contribution in [0.5, 0.6) is 5.88 Å². The Kier molecular flexibility index (Phi) is 5.75. The molecule has 3 heterocycles. The zero-order valence-electron chi connectivity index (χ0n) is 15.8. The molecule has 0 bridgehead atoms. The van der Waals surface area contributed by atoms with Gasteiger partial charge < -0.3 is 14.2 Å². The van der Waals surface area contributed by atoms with Crippen LogP contribution >= 0.6 is 11.8 Å². The molecule has 29 heavy (non-hydrogen) atoms. The number of benzene rings is 1. The molecule has 1 aliphatic rings. The molecule has 0 N–H and O–H groups in total. The van der Waals surface area contributed by atoms with Gasteiger partial charge in [0.2, 0.25) is 5.88 Å². The van der Waals surface area contributed by atoms with Crippen molar-refractivity contribution in [3.63, 3.8) is 0 Å². The molecule has 1 aliphatic heterocycles. The number of hydrogen-bond acceptors (Lipinski definition) is 7. The van der Waals surface area contributed by atoms with E-state index in [0.717, 1.165) is 35.7 Å². The zero-order valence-corrected chi connectivity index (χ0v) is 16.6. The molecule has 7 nitrogen and oxygen atoms in total. The van der Waals surface area contributed by atoms with Gasteiger partial charge in [0.1, 0.15) is 23.9 Å². The maximum atomic E-state index is 13.2. The minimum atomic E-state index is -0.319. The van der Waals surface area contributed by atoms with Crippen LogP contribution in [0, 0.1) is 12.7 Å². The summed E-state index contributed by atoms with van der Waals surface area (Å²) in [6.45, 7) is 3.39. The molecule has 4 rings (SSSR count). The minimum absolute atomic E-state index is 0.113. The van der Waals surface area contributed by atoms with Crippen LogP contribution in [-0.4, -0.2) is 50.8 Å². The van der Waals surface area contributed by atoms with Crippen molar-refractivity contribution in [1.29, 1.82) is 0 Å². The van der Waals surface area contributed by atoms with Crippen molar-refractivity contribution in [1.82, 2.24) is 20.3 Å². The number of hydrogen-bond donors (Lipinski definition) is 0. The van der Waals surface area contributed by atoms with E-state index in [2.05, 4.69) is 15.4 Å². The molecule has 0 aliphatic carbocycles. The fourth-order valence-corrected chi connectivity index (χ4v) is 3.88. The second-order valence-electron chi connectivity index (χ2n) is 6.52. The largest absolute Gasteiger partial charge is 0.472 e. The molecule has 1 aromatic carbocycles. The average molecular weight is 414 g/mol. The standard InChI is InChI=1S/C20H19FN4O3S/c1-13-16(19(24-28-13)14-2-4-15(21)5-3-14)12-27-18-7-6-17(22-23-18)20(26)25-8-10-29-11-9-25/h2-7H,8-12H2,1H3. The number of rotatable bonds is 5. The zero-order chi connectivity index (χ0) is 20.2.